The highest BCUT2D eigenvalue weighted by Gasteiger charge is 2.22. The number of hydrogen-bond donors (Lipinski definition) is 2. The highest BCUT2D eigenvalue weighted by molar-refractivity contribution is 7.80. The normalized spacial score (nSPS) is 16.6. The average molecular weight is 281 g/mol. The van der Waals surface area contributed by atoms with Crippen LogP contribution in [0.5, 0.6) is 0 Å². The van der Waals surface area contributed by atoms with Gasteiger partial charge in [-0.15, -0.1) is 0 Å². The van der Waals surface area contributed by atoms with Crippen molar-refractivity contribution in [3.63, 3.8) is 0 Å². The van der Waals surface area contributed by atoms with Crippen molar-refractivity contribution in [2.45, 2.75) is 18.9 Å². The van der Waals surface area contributed by atoms with Gasteiger partial charge in [-0.1, -0.05) is 12.2 Å². The lowest BCUT2D eigenvalue weighted by atomic mass is 10.1. The molecule has 0 aliphatic carbocycles. The monoisotopic (exact) mass is 281 g/mol. The number of aliphatic hydroxyl groups excluding tert-OH is 1. The van der Waals surface area contributed by atoms with Crippen LogP contribution in [-0.2, 0) is 4.74 Å². The van der Waals surface area contributed by atoms with Crippen molar-refractivity contribution in [1.82, 2.24) is 4.98 Å². The van der Waals surface area contributed by atoms with Crippen LogP contribution in [-0.4, -0.2) is 47.5 Å². The summed E-state index contributed by atoms with van der Waals surface area (Å²) in [5.74, 6) is 0.857. The maximum atomic E-state index is 8.75. The predicted molar refractivity (Wildman–Crippen MR) is 78.4 cm³/mol. The van der Waals surface area contributed by atoms with E-state index in [1.54, 1.807) is 6.20 Å². The van der Waals surface area contributed by atoms with Crippen LogP contribution in [0.1, 0.15) is 18.4 Å². The Hall–Kier alpha value is -1.24. The summed E-state index contributed by atoms with van der Waals surface area (Å²) in [6.45, 7) is 2.21. The second-order valence-corrected chi connectivity index (χ2v) is 4.96. The number of aromatic nitrogens is 1. The molecule has 1 aliphatic heterocycles. The third-order valence-corrected chi connectivity index (χ3v) is 3.46. The molecule has 19 heavy (non-hydrogen) atoms. The van der Waals surface area contributed by atoms with Crippen LogP contribution in [0, 0.1) is 0 Å². The van der Waals surface area contributed by atoms with Crippen LogP contribution in [0.15, 0.2) is 18.3 Å². The molecule has 5 nitrogen and oxygen atoms in total. The Labute approximate surface area is 118 Å². The molecule has 0 bridgehead atoms. The van der Waals surface area contributed by atoms with E-state index < -0.39 is 0 Å². The van der Waals surface area contributed by atoms with Gasteiger partial charge in [0.2, 0.25) is 0 Å². The molecule has 0 saturated carbocycles. The number of ether oxygens (including phenoxy) is 1. The van der Waals surface area contributed by atoms with Gasteiger partial charge in [-0.2, -0.15) is 0 Å². The molecule has 0 spiro atoms. The summed E-state index contributed by atoms with van der Waals surface area (Å²) in [6.07, 6.45) is 3.83. The van der Waals surface area contributed by atoms with Crippen molar-refractivity contribution in [3.05, 3.63) is 23.9 Å². The standard InChI is InChI=1S/C13H19N3O2S/c14-12(19)11-2-1-5-15-13(11)16-6-3-10(4-7-16)18-9-8-17/h1-2,5,10,17H,3-4,6-9H2,(H2,14,19). The van der Waals surface area contributed by atoms with Gasteiger partial charge in [0.25, 0.3) is 0 Å². The second-order valence-electron chi connectivity index (χ2n) is 4.52. The Bertz CT molecular complexity index is 434. The van der Waals surface area contributed by atoms with E-state index in [1.807, 2.05) is 12.1 Å². The van der Waals surface area contributed by atoms with E-state index in [1.165, 1.54) is 0 Å². The molecule has 0 aromatic carbocycles. The molecule has 0 atom stereocenters. The van der Waals surface area contributed by atoms with Crippen molar-refractivity contribution < 1.29 is 9.84 Å². The van der Waals surface area contributed by atoms with E-state index in [9.17, 15) is 0 Å². The highest BCUT2D eigenvalue weighted by Crippen LogP contribution is 2.22. The van der Waals surface area contributed by atoms with Crippen molar-refractivity contribution >= 4 is 23.0 Å². The Kier molecular flexibility index (Phi) is 5.07. The zero-order valence-electron chi connectivity index (χ0n) is 10.8. The van der Waals surface area contributed by atoms with Crippen molar-refractivity contribution in [2.24, 2.45) is 5.73 Å². The molecule has 104 valence electrons. The summed E-state index contributed by atoms with van der Waals surface area (Å²) in [7, 11) is 0. The van der Waals surface area contributed by atoms with Crippen molar-refractivity contribution in [2.75, 3.05) is 31.2 Å². The summed E-state index contributed by atoms with van der Waals surface area (Å²) in [5, 5.41) is 8.75. The van der Waals surface area contributed by atoms with Gasteiger partial charge in [0.15, 0.2) is 0 Å². The first-order valence-electron chi connectivity index (χ1n) is 6.44. The molecule has 1 aromatic rings. The minimum Gasteiger partial charge on any atom is -0.394 e. The zero-order chi connectivity index (χ0) is 13.7. The number of aliphatic hydroxyl groups is 1. The summed E-state index contributed by atoms with van der Waals surface area (Å²) in [6, 6.07) is 3.74. The summed E-state index contributed by atoms with van der Waals surface area (Å²) in [5.41, 5.74) is 6.55. The topological polar surface area (TPSA) is 71.6 Å². The van der Waals surface area contributed by atoms with Crippen LogP contribution in [0.25, 0.3) is 0 Å². The Morgan fingerprint density at radius 1 is 1.53 bits per heavy atom. The van der Waals surface area contributed by atoms with E-state index in [0.717, 1.165) is 37.3 Å². The number of anilines is 1. The van der Waals surface area contributed by atoms with Crippen molar-refractivity contribution in [3.8, 4) is 0 Å². The van der Waals surface area contributed by atoms with Crippen LogP contribution < -0.4 is 10.6 Å². The van der Waals surface area contributed by atoms with Crippen molar-refractivity contribution in [1.29, 1.82) is 0 Å². The molecule has 2 heterocycles. The third-order valence-electron chi connectivity index (χ3n) is 3.24. The van der Waals surface area contributed by atoms with Gasteiger partial charge < -0.3 is 20.5 Å². The zero-order valence-corrected chi connectivity index (χ0v) is 11.6. The Balaban J connectivity index is 2.00. The summed E-state index contributed by atoms with van der Waals surface area (Å²) in [4.78, 5) is 6.95. The lowest BCUT2D eigenvalue weighted by Gasteiger charge is -2.33. The quantitative estimate of drug-likeness (QED) is 0.774. The number of piperidine rings is 1. The third kappa shape index (κ3) is 3.62. The molecule has 3 N–H and O–H groups in total. The summed E-state index contributed by atoms with van der Waals surface area (Å²) >= 11 is 5.06. The molecule has 0 radical (unpaired) electrons. The molecule has 1 saturated heterocycles. The molecular weight excluding hydrogens is 262 g/mol. The molecule has 1 aromatic heterocycles. The van der Waals surface area contributed by atoms with Gasteiger partial charge in [0.1, 0.15) is 10.8 Å². The molecule has 1 fully saturated rings. The van der Waals surface area contributed by atoms with Crippen LogP contribution in [0.2, 0.25) is 0 Å². The minimum absolute atomic E-state index is 0.0754. The number of pyridine rings is 1. The van der Waals surface area contributed by atoms with E-state index >= 15 is 0 Å². The number of nitrogens with zero attached hydrogens (tertiary/aromatic N) is 2. The molecule has 1 aliphatic rings. The van der Waals surface area contributed by atoms with E-state index in [2.05, 4.69) is 9.88 Å². The Morgan fingerprint density at radius 2 is 2.26 bits per heavy atom. The molecular formula is C13H19N3O2S. The van der Waals surface area contributed by atoms with Gasteiger partial charge >= 0.3 is 0 Å². The maximum Gasteiger partial charge on any atom is 0.138 e. The summed E-state index contributed by atoms with van der Waals surface area (Å²) < 4.78 is 5.55. The van der Waals surface area contributed by atoms with Gasteiger partial charge in [-0.3, -0.25) is 0 Å². The fourth-order valence-corrected chi connectivity index (χ4v) is 2.45. The van der Waals surface area contributed by atoms with Crippen LogP contribution in [0.3, 0.4) is 0 Å². The van der Waals surface area contributed by atoms with E-state index in [-0.39, 0.29) is 12.7 Å². The van der Waals surface area contributed by atoms with E-state index in [0.29, 0.717) is 11.6 Å². The van der Waals surface area contributed by atoms with Gasteiger partial charge in [0.05, 0.1) is 24.9 Å². The fourth-order valence-electron chi connectivity index (χ4n) is 2.29. The molecule has 0 amide bonds. The first-order valence-corrected chi connectivity index (χ1v) is 6.85. The highest BCUT2D eigenvalue weighted by atomic mass is 32.1. The lowest BCUT2D eigenvalue weighted by molar-refractivity contribution is 0.0158. The molecule has 0 unspecified atom stereocenters. The predicted octanol–water partition coefficient (Wildman–Crippen LogP) is 0.693. The second kappa shape index (κ2) is 6.79. The fraction of sp³-hybridized carbons (Fsp3) is 0.538. The largest absolute Gasteiger partial charge is 0.394 e. The Morgan fingerprint density at radius 3 is 2.89 bits per heavy atom. The van der Waals surface area contributed by atoms with Crippen LogP contribution >= 0.6 is 12.2 Å². The lowest BCUT2D eigenvalue weighted by Crippen LogP contribution is -2.38. The number of thiocarbonyl (C=S) groups is 1. The average Bonchev–Trinajstić information content (AvgIpc) is 2.45. The molecule has 2 rings (SSSR count). The minimum atomic E-state index is 0.0754. The van der Waals surface area contributed by atoms with Gasteiger partial charge in [0, 0.05) is 19.3 Å². The number of nitrogens with two attached hydrogens (primary N) is 1. The molecule has 6 heteroatoms. The van der Waals surface area contributed by atoms with Gasteiger partial charge in [-0.25, -0.2) is 4.98 Å². The van der Waals surface area contributed by atoms with E-state index in [4.69, 9.17) is 27.8 Å². The van der Waals surface area contributed by atoms with Crippen LogP contribution in [0.4, 0.5) is 5.82 Å². The SMILES string of the molecule is NC(=S)c1cccnc1N1CCC(OCCO)CC1. The maximum absolute atomic E-state index is 8.75. The first-order chi connectivity index (χ1) is 9.22. The smallest absolute Gasteiger partial charge is 0.138 e. The first kappa shape index (κ1) is 14.2. The number of rotatable bonds is 5. The number of hydrogen-bond acceptors (Lipinski definition) is 5. The van der Waals surface area contributed by atoms with Gasteiger partial charge in [-0.05, 0) is 25.0 Å².